The number of hydrogen-bond donors (Lipinski definition) is 2. The number of nitrogens with zero attached hydrogens (tertiary/aromatic N) is 1. The van der Waals surface area contributed by atoms with Crippen molar-refractivity contribution < 1.29 is 9.90 Å². The fourth-order valence-electron chi connectivity index (χ4n) is 4.19. The molecule has 4 heteroatoms. The van der Waals surface area contributed by atoms with E-state index in [-0.39, 0.29) is 12.6 Å². The number of fused-ring (bicyclic) bond motifs is 1. The topological polar surface area (TPSA) is 52.6 Å². The Kier molecular flexibility index (Phi) is 6.34. The molecule has 1 saturated carbocycles. The van der Waals surface area contributed by atoms with Crippen molar-refractivity contribution in [1.82, 2.24) is 10.2 Å². The molecule has 3 unspecified atom stereocenters. The molecule has 3 atom stereocenters. The second-order valence-corrected chi connectivity index (χ2v) is 7.29. The van der Waals surface area contributed by atoms with Crippen molar-refractivity contribution in [2.45, 2.75) is 64.8 Å². The normalized spacial score (nSPS) is 26.8. The summed E-state index contributed by atoms with van der Waals surface area (Å²) < 4.78 is 0. The van der Waals surface area contributed by atoms with E-state index in [0.29, 0.717) is 24.4 Å². The van der Waals surface area contributed by atoms with Gasteiger partial charge < -0.3 is 15.3 Å². The number of hydrogen-bond acceptors (Lipinski definition) is 2. The Bertz CT molecular complexity index is 333. The molecule has 2 N–H and O–H groups in total. The highest BCUT2D eigenvalue weighted by Crippen LogP contribution is 2.36. The molecule has 21 heavy (non-hydrogen) atoms. The molecule has 1 heterocycles. The molecule has 122 valence electrons. The number of aliphatic hydroxyl groups excluding tert-OH is 1. The van der Waals surface area contributed by atoms with Crippen LogP contribution in [0.15, 0.2) is 0 Å². The Morgan fingerprint density at radius 3 is 2.76 bits per heavy atom. The lowest BCUT2D eigenvalue weighted by Crippen LogP contribution is -2.51. The van der Waals surface area contributed by atoms with Crippen molar-refractivity contribution >= 4 is 6.03 Å². The molecule has 0 aromatic heterocycles. The SMILES string of the molecule is CC(C)CC(CCO)CNC(=O)N1CCCC2CCCC21. The van der Waals surface area contributed by atoms with Crippen LogP contribution in [0.5, 0.6) is 0 Å². The number of piperidine rings is 1. The number of urea groups is 1. The van der Waals surface area contributed by atoms with Crippen molar-refractivity contribution in [3.8, 4) is 0 Å². The third-order valence-electron chi connectivity index (χ3n) is 5.14. The second-order valence-electron chi connectivity index (χ2n) is 7.29. The lowest BCUT2D eigenvalue weighted by atomic mass is 9.92. The van der Waals surface area contributed by atoms with Gasteiger partial charge in [-0.25, -0.2) is 4.79 Å². The van der Waals surface area contributed by atoms with Gasteiger partial charge in [0.1, 0.15) is 0 Å². The summed E-state index contributed by atoms with van der Waals surface area (Å²) in [6, 6.07) is 0.610. The highest BCUT2D eigenvalue weighted by molar-refractivity contribution is 5.74. The van der Waals surface area contributed by atoms with Crippen LogP contribution in [0, 0.1) is 17.8 Å². The lowest BCUT2D eigenvalue weighted by molar-refractivity contribution is 0.126. The van der Waals surface area contributed by atoms with Gasteiger partial charge in [0.25, 0.3) is 0 Å². The predicted octanol–water partition coefficient (Wildman–Crippen LogP) is 3.01. The molecular weight excluding hydrogens is 264 g/mol. The van der Waals surface area contributed by atoms with Crippen LogP contribution in [0.1, 0.15) is 58.8 Å². The molecule has 4 nitrogen and oxygen atoms in total. The fourth-order valence-corrected chi connectivity index (χ4v) is 4.19. The molecule has 2 aliphatic rings. The minimum Gasteiger partial charge on any atom is -0.396 e. The lowest BCUT2D eigenvalue weighted by Gasteiger charge is -2.38. The van der Waals surface area contributed by atoms with Crippen LogP contribution in [0.25, 0.3) is 0 Å². The van der Waals surface area contributed by atoms with Crippen LogP contribution < -0.4 is 5.32 Å². The summed E-state index contributed by atoms with van der Waals surface area (Å²) in [6.45, 7) is 6.22. The Morgan fingerprint density at radius 1 is 1.29 bits per heavy atom. The van der Waals surface area contributed by atoms with Crippen molar-refractivity contribution in [3.63, 3.8) is 0 Å². The molecule has 0 spiro atoms. The Morgan fingerprint density at radius 2 is 2.05 bits per heavy atom. The van der Waals surface area contributed by atoms with Gasteiger partial charge in [-0.2, -0.15) is 0 Å². The molecule has 2 rings (SSSR count). The molecular formula is C17H32N2O2. The summed E-state index contributed by atoms with van der Waals surface area (Å²) in [5, 5.41) is 12.3. The molecule has 0 aromatic carbocycles. The molecule has 0 radical (unpaired) electrons. The summed E-state index contributed by atoms with van der Waals surface area (Å²) in [6.07, 6.45) is 8.06. The van der Waals surface area contributed by atoms with Gasteiger partial charge in [-0.1, -0.05) is 20.3 Å². The van der Waals surface area contributed by atoms with Gasteiger partial charge in [0.15, 0.2) is 0 Å². The minimum atomic E-state index is 0.123. The number of aliphatic hydroxyl groups is 1. The van der Waals surface area contributed by atoms with Crippen LogP contribution in [0.4, 0.5) is 4.79 Å². The maximum absolute atomic E-state index is 12.5. The number of likely N-dealkylation sites (tertiary alicyclic amines) is 1. The summed E-state index contributed by atoms with van der Waals surface area (Å²) >= 11 is 0. The molecule has 2 amide bonds. The van der Waals surface area contributed by atoms with Gasteiger partial charge in [0.05, 0.1) is 0 Å². The quantitative estimate of drug-likeness (QED) is 0.791. The van der Waals surface area contributed by atoms with E-state index in [2.05, 4.69) is 24.1 Å². The van der Waals surface area contributed by atoms with E-state index in [1.807, 2.05) is 0 Å². The molecule has 1 aliphatic carbocycles. The van der Waals surface area contributed by atoms with Gasteiger partial charge in [0.2, 0.25) is 0 Å². The maximum Gasteiger partial charge on any atom is 0.317 e. The summed E-state index contributed by atoms with van der Waals surface area (Å²) in [4.78, 5) is 14.6. The van der Waals surface area contributed by atoms with E-state index in [1.54, 1.807) is 0 Å². The van der Waals surface area contributed by atoms with E-state index in [0.717, 1.165) is 31.7 Å². The third kappa shape index (κ3) is 4.60. The van der Waals surface area contributed by atoms with Crippen LogP contribution in [0.2, 0.25) is 0 Å². The van der Waals surface area contributed by atoms with Crippen molar-refractivity contribution in [1.29, 1.82) is 0 Å². The average Bonchev–Trinajstić information content (AvgIpc) is 2.92. The zero-order valence-corrected chi connectivity index (χ0v) is 13.7. The smallest absolute Gasteiger partial charge is 0.317 e. The van der Waals surface area contributed by atoms with E-state index in [9.17, 15) is 4.79 Å². The van der Waals surface area contributed by atoms with Crippen LogP contribution in [0.3, 0.4) is 0 Å². The maximum atomic E-state index is 12.5. The van der Waals surface area contributed by atoms with Gasteiger partial charge in [-0.3, -0.25) is 0 Å². The molecule has 2 fully saturated rings. The number of rotatable bonds is 6. The fraction of sp³-hybridized carbons (Fsp3) is 0.941. The predicted molar refractivity (Wildman–Crippen MR) is 85.1 cm³/mol. The van der Waals surface area contributed by atoms with Gasteiger partial charge in [0, 0.05) is 25.7 Å². The average molecular weight is 296 g/mol. The number of carbonyl (C=O) groups is 1. The highest BCUT2D eigenvalue weighted by Gasteiger charge is 2.37. The summed E-state index contributed by atoms with van der Waals surface area (Å²) in [5.74, 6) is 1.74. The zero-order chi connectivity index (χ0) is 15.2. The first-order chi connectivity index (χ1) is 10.1. The largest absolute Gasteiger partial charge is 0.396 e. The number of amides is 2. The van der Waals surface area contributed by atoms with Crippen LogP contribution in [-0.4, -0.2) is 41.8 Å². The Hall–Kier alpha value is -0.770. The minimum absolute atomic E-state index is 0.123. The van der Waals surface area contributed by atoms with Crippen molar-refractivity contribution in [2.75, 3.05) is 19.7 Å². The Balaban J connectivity index is 1.82. The first kappa shape index (κ1) is 16.6. The second kappa shape index (κ2) is 8.02. The first-order valence-corrected chi connectivity index (χ1v) is 8.77. The monoisotopic (exact) mass is 296 g/mol. The third-order valence-corrected chi connectivity index (χ3v) is 5.14. The molecule has 1 saturated heterocycles. The first-order valence-electron chi connectivity index (χ1n) is 8.77. The zero-order valence-electron chi connectivity index (χ0n) is 13.7. The van der Waals surface area contributed by atoms with Crippen LogP contribution in [-0.2, 0) is 0 Å². The van der Waals surface area contributed by atoms with Gasteiger partial charge in [-0.15, -0.1) is 0 Å². The van der Waals surface area contributed by atoms with E-state index >= 15 is 0 Å². The van der Waals surface area contributed by atoms with Gasteiger partial charge >= 0.3 is 6.03 Å². The van der Waals surface area contributed by atoms with Crippen molar-refractivity contribution in [2.24, 2.45) is 17.8 Å². The molecule has 0 bridgehead atoms. The highest BCUT2D eigenvalue weighted by atomic mass is 16.3. The number of nitrogens with one attached hydrogen (secondary N) is 1. The van der Waals surface area contributed by atoms with E-state index < -0.39 is 0 Å². The Labute approximate surface area is 129 Å². The van der Waals surface area contributed by atoms with E-state index in [1.165, 1.54) is 25.7 Å². The molecule has 0 aromatic rings. The summed E-state index contributed by atoms with van der Waals surface area (Å²) in [7, 11) is 0. The molecule has 1 aliphatic heterocycles. The van der Waals surface area contributed by atoms with Crippen molar-refractivity contribution in [3.05, 3.63) is 0 Å². The van der Waals surface area contributed by atoms with Gasteiger partial charge in [-0.05, 0) is 56.3 Å². The standard InChI is InChI=1S/C17H32N2O2/c1-13(2)11-14(8-10-20)12-18-17(21)19-9-4-6-15-5-3-7-16(15)19/h13-16,20H,3-12H2,1-2H3,(H,18,21). The number of carbonyl (C=O) groups excluding carboxylic acids is 1. The summed E-state index contributed by atoms with van der Waals surface area (Å²) in [5.41, 5.74) is 0. The van der Waals surface area contributed by atoms with E-state index in [4.69, 9.17) is 5.11 Å². The van der Waals surface area contributed by atoms with Crippen LogP contribution >= 0.6 is 0 Å².